The summed E-state index contributed by atoms with van der Waals surface area (Å²) in [5.41, 5.74) is 5.68. The van der Waals surface area contributed by atoms with Crippen LogP contribution >= 0.6 is 11.3 Å². The van der Waals surface area contributed by atoms with E-state index in [1.807, 2.05) is 41.8 Å². The molecule has 4 aromatic rings. The molecule has 0 aliphatic carbocycles. The largest absolute Gasteiger partial charge is 0.493 e. The highest BCUT2D eigenvalue weighted by molar-refractivity contribution is 7.14. The summed E-state index contributed by atoms with van der Waals surface area (Å²) < 4.78 is 11.2. The molecule has 0 fully saturated rings. The van der Waals surface area contributed by atoms with E-state index in [0.717, 1.165) is 16.8 Å². The lowest BCUT2D eigenvalue weighted by molar-refractivity contribution is -0.384. The Morgan fingerprint density at radius 3 is 2.56 bits per heavy atom. The summed E-state index contributed by atoms with van der Waals surface area (Å²) in [5.74, 6) is 1.46. The van der Waals surface area contributed by atoms with E-state index in [1.165, 1.54) is 42.7 Å². The zero-order chi connectivity index (χ0) is 22.3. The second-order valence-electron chi connectivity index (χ2n) is 6.54. The minimum atomic E-state index is -0.458. The standard InChI is InChI=1S/C23H18N4O4S/c1-30-22-13-16(7-12-21(22)31-19-10-8-18(9-11-19)27(28)29)14-24-26-23-25-20(15-32-23)17-5-3-2-4-6-17/h2-15H,1H3,(H,25,26). The Kier molecular flexibility index (Phi) is 6.38. The lowest BCUT2D eigenvalue weighted by atomic mass is 10.2. The number of nitro benzene ring substituents is 1. The molecule has 1 N–H and O–H groups in total. The van der Waals surface area contributed by atoms with E-state index in [4.69, 9.17) is 9.47 Å². The minimum Gasteiger partial charge on any atom is -0.493 e. The van der Waals surface area contributed by atoms with E-state index in [0.29, 0.717) is 22.4 Å². The van der Waals surface area contributed by atoms with Crippen LogP contribution in [0.1, 0.15) is 5.56 Å². The maximum Gasteiger partial charge on any atom is 0.269 e. The van der Waals surface area contributed by atoms with Crippen LogP contribution in [0.5, 0.6) is 17.2 Å². The Morgan fingerprint density at radius 2 is 1.84 bits per heavy atom. The number of methoxy groups -OCH3 is 1. The number of non-ortho nitro benzene ring substituents is 1. The van der Waals surface area contributed by atoms with Crippen molar-refractivity contribution < 1.29 is 14.4 Å². The van der Waals surface area contributed by atoms with Gasteiger partial charge in [0.15, 0.2) is 11.5 Å². The molecule has 9 heteroatoms. The van der Waals surface area contributed by atoms with Gasteiger partial charge in [-0.25, -0.2) is 4.98 Å². The van der Waals surface area contributed by atoms with Crippen LogP contribution in [-0.4, -0.2) is 23.2 Å². The van der Waals surface area contributed by atoms with E-state index >= 15 is 0 Å². The van der Waals surface area contributed by atoms with Gasteiger partial charge < -0.3 is 9.47 Å². The highest BCUT2D eigenvalue weighted by Crippen LogP contribution is 2.32. The van der Waals surface area contributed by atoms with Crippen LogP contribution < -0.4 is 14.9 Å². The fraction of sp³-hybridized carbons (Fsp3) is 0.0435. The predicted molar refractivity (Wildman–Crippen MR) is 125 cm³/mol. The highest BCUT2D eigenvalue weighted by atomic mass is 32.1. The summed E-state index contributed by atoms with van der Waals surface area (Å²) in [5, 5.41) is 17.7. The third-order valence-electron chi connectivity index (χ3n) is 4.41. The first-order valence-electron chi connectivity index (χ1n) is 9.53. The van der Waals surface area contributed by atoms with Crippen molar-refractivity contribution in [3.05, 3.63) is 93.9 Å². The number of benzene rings is 3. The van der Waals surface area contributed by atoms with Crippen molar-refractivity contribution in [2.24, 2.45) is 5.10 Å². The van der Waals surface area contributed by atoms with E-state index in [9.17, 15) is 10.1 Å². The molecule has 0 spiro atoms. The average Bonchev–Trinajstić information content (AvgIpc) is 3.30. The van der Waals surface area contributed by atoms with Gasteiger partial charge in [-0.2, -0.15) is 5.10 Å². The number of nitrogens with one attached hydrogen (secondary N) is 1. The molecule has 3 aromatic carbocycles. The maximum absolute atomic E-state index is 10.8. The van der Waals surface area contributed by atoms with Gasteiger partial charge in [0.25, 0.3) is 5.69 Å². The molecule has 0 bridgehead atoms. The smallest absolute Gasteiger partial charge is 0.269 e. The Bertz CT molecular complexity index is 1240. The van der Waals surface area contributed by atoms with Crippen LogP contribution in [0.3, 0.4) is 0 Å². The number of hydrogen-bond acceptors (Lipinski definition) is 8. The number of aromatic nitrogens is 1. The summed E-state index contributed by atoms with van der Waals surface area (Å²) >= 11 is 1.47. The van der Waals surface area contributed by atoms with Crippen molar-refractivity contribution in [1.29, 1.82) is 0 Å². The van der Waals surface area contributed by atoms with Crippen LogP contribution in [0.4, 0.5) is 10.8 Å². The van der Waals surface area contributed by atoms with Crippen molar-refractivity contribution in [1.82, 2.24) is 4.98 Å². The molecule has 0 saturated heterocycles. The lowest BCUT2D eigenvalue weighted by Gasteiger charge is -2.10. The van der Waals surface area contributed by atoms with Crippen LogP contribution in [0.15, 0.2) is 83.3 Å². The molecule has 0 atom stereocenters. The third kappa shape index (κ3) is 5.08. The molecule has 0 aliphatic heterocycles. The first-order chi connectivity index (χ1) is 15.6. The van der Waals surface area contributed by atoms with Crippen LogP contribution in [-0.2, 0) is 0 Å². The van der Waals surface area contributed by atoms with Gasteiger partial charge in [-0.05, 0) is 35.9 Å². The van der Waals surface area contributed by atoms with Gasteiger partial charge in [-0.3, -0.25) is 15.5 Å². The van der Waals surface area contributed by atoms with Crippen LogP contribution in [0, 0.1) is 10.1 Å². The normalized spacial score (nSPS) is 10.8. The lowest BCUT2D eigenvalue weighted by Crippen LogP contribution is -1.94. The SMILES string of the molecule is COc1cc(C=NNc2nc(-c3ccccc3)cs2)ccc1Oc1ccc([N+](=O)[O-])cc1. The maximum atomic E-state index is 10.8. The first-order valence-corrected chi connectivity index (χ1v) is 10.4. The first kappa shape index (κ1) is 21.0. The zero-order valence-corrected chi connectivity index (χ0v) is 17.8. The van der Waals surface area contributed by atoms with Crippen molar-refractivity contribution in [2.75, 3.05) is 12.5 Å². The van der Waals surface area contributed by atoms with Gasteiger partial charge in [0.1, 0.15) is 5.75 Å². The molecule has 0 radical (unpaired) electrons. The van der Waals surface area contributed by atoms with Crippen molar-refractivity contribution in [2.45, 2.75) is 0 Å². The van der Waals surface area contributed by atoms with Gasteiger partial charge in [-0.1, -0.05) is 30.3 Å². The molecule has 0 saturated carbocycles. The predicted octanol–water partition coefficient (Wildman–Crippen LogP) is 5.97. The average molecular weight is 446 g/mol. The number of hydrazone groups is 1. The fourth-order valence-corrected chi connectivity index (χ4v) is 3.51. The Balaban J connectivity index is 1.42. The number of nitro groups is 1. The summed E-state index contributed by atoms with van der Waals surface area (Å²) in [6.45, 7) is 0. The molecule has 1 aromatic heterocycles. The molecule has 0 unspecified atom stereocenters. The van der Waals surface area contributed by atoms with Gasteiger partial charge in [-0.15, -0.1) is 11.3 Å². The zero-order valence-electron chi connectivity index (χ0n) is 17.0. The second-order valence-corrected chi connectivity index (χ2v) is 7.40. The number of rotatable bonds is 8. The number of ether oxygens (including phenoxy) is 2. The van der Waals surface area contributed by atoms with E-state index in [2.05, 4.69) is 15.5 Å². The molecule has 160 valence electrons. The van der Waals surface area contributed by atoms with Crippen molar-refractivity contribution in [3.8, 4) is 28.5 Å². The third-order valence-corrected chi connectivity index (χ3v) is 5.16. The summed E-state index contributed by atoms with van der Waals surface area (Å²) in [6, 6.07) is 21.1. The highest BCUT2D eigenvalue weighted by Gasteiger charge is 2.09. The fourth-order valence-electron chi connectivity index (χ4n) is 2.84. The van der Waals surface area contributed by atoms with E-state index in [1.54, 1.807) is 18.3 Å². The Labute approximate surface area is 187 Å². The van der Waals surface area contributed by atoms with E-state index < -0.39 is 4.92 Å². The molecule has 0 amide bonds. The second kappa shape index (κ2) is 9.71. The topological polar surface area (TPSA) is 98.9 Å². The Morgan fingerprint density at radius 1 is 1.06 bits per heavy atom. The molecular weight excluding hydrogens is 428 g/mol. The molecular formula is C23H18N4O4S. The molecule has 0 aliphatic rings. The monoisotopic (exact) mass is 446 g/mol. The van der Waals surface area contributed by atoms with Gasteiger partial charge in [0.2, 0.25) is 5.13 Å². The summed E-state index contributed by atoms with van der Waals surface area (Å²) in [4.78, 5) is 14.8. The quantitative estimate of drug-likeness (QED) is 0.203. The molecule has 1 heterocycles. The molecule has 32 heavy (non-hydrogen) atoms. The number of nitrogens with zero attached hydrogens (tertiary/aromatic N) is 3. The van der Waals surface area contributed by atoms with Crippen molar-refractivity contribution >= 4 is 28.4 Å². The number of thiazole rings is 1. The number of anilines is 1. The number of hydrogen-bond donors (Lipinski definition) is 1. The van der Waals surface area contributed by atoms with Crippen molar-refractivity contribution in [3.63, 3.8) is 0 Å². The van der Waals surface area contributed by atoms with Crippen LogP contribution in [0.25, 0.3) is 11.3 Å². The van der Waals surface area contributed by atoms with Gasteiger partial charge in [0, 0.05) is 23.1 Å². The molecule has 8 nitrogen and oxygen atoms in total. The Hall–Kier alpha value is -4.24. The van der Waals surface area contributed by atoms with Gasteiger partial charge >= 0.3 is 0 Å². The van der Waals surface area contributed by atoms with Gasteiger partial charge in [0.05, 0.1) is 23.9 Å². The van der Waals surface area contributed by atoms with E-state index in [-0.39, 0.29) is 5.69 Å². The minimum absolute atomic E-state index is 0.000468. The summed E-state index contributed by atoms with van der Waals surface area (Å²) in [6.07, 6.45) is 1.65. The summed E-state index contributed by atoms with van der Waals surface area (Å²) in [7, 11) is 1.54. The van der Waals surface area contributed by atoms with Crippen LogP contribution in [0.2, 0.25) is 0 Å². The molecule has 4 rings (SSSR count).